The highest BCUT2D eigenvalue weighted by Gasteiger charge is 2.34. The van der Waals surface area contributed by atoms with E-state index in [0.29, 0.717) is 30.1 Å². The fraction of sp³-hybridized carbons (Fsp3) is 0.345. The van der Waals surface area contributed by atoms with Crippen LogP contribution in [0.3, 0.4) is 0 Å². The van der Waals surface area contributed by atoms with E-state index in [1.165, 1.54) is 15.4 Å². The summed E-state index contributed by atoms with van der Waals surface area (Å²) in [7, 11) is -1.97. The second-order valence-electron chi connectivity index (χ2n) is 9.67. The average Bonchev–Trinajstić information content (AvgIpc) is 3.65. The van der Waals surface area contributed by atoms with Crippen LogP contribution < -0.4 is 4.74 Å². The molecule has 1 fully saturated rings. The predicted molar refractivity (Wildman–Crippen MR) is 152 cm³/mol. The van der Waals surface area contributed by atoms with Crippen LogP contribution in [0.25, 0.3) is 0 Å². The quantitative estimate of drug-likeness (QED) is 0.347. The summed E-state index contributed by atoms with van der Waals surface area (Å²) in [5.41, 5.74) is 2.57. The normalized spacial score (nSPS) is 17.9. The van der Waals surface area contributed by atoms with Crippen LogP contribution in [0.1, 0.15) is 47.7 Å². The fourth-order valence-electron chi connectivity index (χ4n) is 4.86. The third-order valence-electron chi connectivity index (χ3n) is 6.99. The number of thiophene rings is 1. The first-order chi connectivity index (χ1) is 19.3. The smallest absolute Gasteiger partial charge is 0.311 e. The van der Waals surface area contributed by atoms with Gasteiger partial charge in [0.05, 0.1) is 25.3 Å². The minimum absolute atomic E-state index is 0.117. The summed E-state index contributed by atoms with van der Waals surface area (Å²) < 4.78 is 38.1. The van der Waals surface area contributed by atoms with Gasteiger partial charge in [-0.05, 0) is 48.2 Å². The first-order valence-corrected chi connectivity index (χ1v) is 15.4. The van der Waals surface area contributed by atoms with Crippen molar-refractivity contribution < 1.29 is 27.5 Å². The number of carbonyl (C=O) groups is 2. The van der Waals surface area contributed by atoms with Gasteiger partial charge in [0, 0.05) is 24.4 Å². The highest BCUT2D eigenvalue weighted by Crippen LogP contribution is 2.34. The van der Waals surface area contributed by atoms with Gasteiger partial charge in [-0.15, -0.1) is 11.3 Å². The van der Waals surface area contributed by atoms with Crippen molar-refractivity contribution in [3.63, 3.8) is 0 Å². The van der Waals surface area contributed by atoms with Crippen molar-refractivity contribution in [3.8, 4) is 5.75 Å². The SMILES string of the molecule is COc1ccc(C2CC(c3ccccc3)=NN2C(=O)COC(=O)Cc2ccc(S(=O)(=O)N3CCCCC3)s2)cc1. The van der Waals surface area contributed by atoms with Crippen molar-refractivity contribution in [1.82, 2.24) is 9.31 Å². The predicted octanol–water partition coefficient (Wildman–Crippen LogP) is 4.39. The van der Waals surface area contributed by atoms with E-state index >= 15 is 0 Å². The molecule has 0 bridgehead atoms. The molecule has 3 aromatic rings. The van der Waals surface area contributed by atoms with Crippen LogP contribution in [-0.2, 0) is 30.8 Å². The van der Waals surface area contributed by atoms with E-state index in [9.17, 15) is 18.0 Å². The molecule has 210 valence electrons. The Hall–Kier alpha value is -3.54. The number of benzene rings is 2. The number of sulfonamides is 1. The van der Waals surface area contributed by atoms with Crippen molar-refractivity contribution >= 4 is 38.9 Å². The molecular formula is C29H31N3O6S2. The molecule has 0 spiro atoms. The molecule has 1 atom stereocenters. The van der Waals surface area contributed by atoms with Gasteiger partial charge in [-0.2, -0.15) is 9.41 Å². The molecule has 2 aliphatic rings. The number of nitrogens with zero attached hydrogens (tertiary/aromatic N) is 3. The van der Waals surface area contributed by atoms with Crippen molar-refractivity contribution in [2.24, 2.45) is 5.10 Å². The summed E-state index contributed by atoms with van der Waals surface area (Å²) >= 11 is 1.06. The summed E-state index contributed by atoms with van der Waals surface area (Å²) in [5, 5.41) is 5.98. The molecule has 2 aliphatic heterocycles. The number of ether oxygens (including phenoxy) is 2. The Kier molecular flexibility index (Phi) is 8.63. The van der Waals surface area contributed by atoms with Gasteiger partial charge in [-0.3, -0.25) is 9.59 Å². The highest BCUT2D eigenvalue weighted by atomic mass is 32.2. The Labute approximate surface area is 238 Å². The molecule has 3 heterocycles. The first-order valence-electron chi connectivity index (χ1n) is 13.2. The molecule has 1 saturated heterocycles. The molecular weight excluding hydrogens is 550 g/mol. The van der Waals surface area contributed by atoms with E-state index in [2.05, 4.69) is 5.10 Å². The van der Waals surface area contributed by atoms with Gasteiger partial charge in [0.25, 0.3) is 15.9 Å². The number of hydrogen-bond donors (Lipinski definition) is 0. The van der Waals surface area contributed by atoms with Crippen molar-refractivity contribution in [2.45, 2.75) is 42.4 Å². The number of hydrogen-bond acceptors (Lipinski definition) is 8. The van der Waals surface area contributed by atoms with Crippen LogP contribution in [0.4, 0.5) is 0 Å². The van der Waals surface area contributed by atoms with Gasteiger partial charge >= 0.3 is 5.97 Å². The molecule has 0 saturated carbocycles. The van der Waals surface area contributed by atoms with E-state index < -0.39 is 28.5 Å². The minimum Gasteiger partial charge on any atom is -0.497 e. The molecule has 5 rings (SSSR count). The third kappa shape index (κ3) is 6.27. The Morgan fingerprint density at radius 3 is 2.40 bits per heavy atom. The lowest BCUT2D eigenvalue weighted by atomic mass is 9.98. The number of hydrazone groups is 1. The Morgan fingerprint density at radius 2 is 1.70 bits per heavy atom. The zero-order chi connectivity index (χ0) is 28.1. The molecule has 0 radical (unpaired) electrons. The number of amides is 1. The molecule has 0 aliphatic carbocycles. The molecule has 1 aromatic heterocycles. The van der Waals surface area contributed by atoms with Crippen LogP contribution >= 0.6 is 11.3 Å². The lowest BCUT2D eigenvalue weighted by Crippen LogP contribution is -2.35. The van der Waals surface area contributed by atoms with Gasteiger partial charge in [-0.1, -0.05) is 48.9 Å². The van der Waals surface area contributed by atoms with Crippen LogP contribution in [0.15, 0.2) is 76.0 Å². The summed E-state index contributed by atoms with van der Waals surface area (Å²) in [6, 6.07) is 19.9. The van der Waals surface area contributed by atoms with E-state index in [1.807, 2.05) is 54.6 Å². The van der Waals surface area contributed by atoms with Gasteiger partial charge in [0.2, 0.25) is 0 Å². The maximum absolute atomic E-state index is 13.2. The van der Waals surface area contributed by atoms with E-state index in [0.717, 1.165) is 47.4 Å². The number of piperidine rings is 1. The van der Waals surface area contributed by atoms with Gasteiger partial charge < -0.3 is 9.47 Å². The zero-order valence-corrected chi connectivity index (χ0v) is 23.8. The largest absolute Gasteiger partial charge is 0.497 e. The molecule has 2 aromatic carbocycles. The Morgan fingerprint density at radius 1 is 0.975 bits per heavy atom. The zero-order valence-electron chi connectivity index (χ0n) is 22.2. The monoisotopic (exact) mass is 581 g/mol. The second-order valence-corrected chi connectivity index (χ2v) is 13.0. The Balaban J connectivity index is 1.24. The topological polar surface area (TPSA) is 106 Å². The van der Waals surface area contributed by atoms with Crippen LogP contribution in [0.2, 0.25) is 0 Å². The lowest BCUT2D eigenvalue weighted by Gasteiger charge is -2.25. The molecule has 40 heavy (non-hydrogen) atoms. The lowest BCUT2D eigenvalue weighted by molar-refractivity contribution is -0.152. The van der Waals surface area contributed by atoms with Gasteiger partial charge in [-0.25, -0.2) is 13.4 Å². The van der Waals surface area contributed by atoms with E-state index in [-0.39, 0.29) is 16.7 Å². The number of methoxy groups -OCH3 is 1. The minimum atomic E-state index is -3.56. The van der Waals surface area contributed by atoms with Crippen LogP contribution in [0.5, 0.6) is 5.75 Å². The maximum Gasteiger partial charge on any atom is 0.311 e. The highest BCUT2D eigenvalue weighted by molar-refractivity contribution is 7.91. The van der Waals surface area contributed by atoms with Crippen molar-refractivity contribution in [2.75, 3.05) is 26.8 Å². The molecule has 9 nitrogen and oxygen atoms in total. The number of rotatable bonds is 9. The molecule has 11 heteroatoms. The Bertz CT molecular complexity index is 1480. The van der Waals surface area contributed by atoms with Crippen molar-refractivity contribution in [1.29, 1.82) is 0 Å². The van der Waals surface area contributed by atoms with Gasteiger partial charge in [0.15, 0.2) is 6.61 Å². The van der Waals surface area contributed by atoms with Gasteiger partial charge in [0.1, 0.15) is 9.96 Å². The second kappa shape index (κ2) is 12.3. The first kappa shape index (κ1) is 28.0. The fourth-order valence-corrected chi connectivity index (χ4v) is 7.87. The third-order valence-corrected chi connectivity index (χ3v) is 10.4. The van der Waals surface area contributed by atoms with Crippen LogP contribution in [-0.4, -0.2) is 62.1 Å². The molecule has 0 N–H and O–H groups in total. The average molecular weight is 582 g/mol. The molecule has 1 amide bonds. The van der Waals surface area contributed by atoms with E-state index in [1.54, 1.807) is 13.2 Å². The number of carbonyl (C=O) groups excluding carboxylic acids is 2. The molecule has 1 unspecified atom stereocenters. The number of esters is 1. The summed E-state index contributed by atoms with van der Waals surface area (Å²) in [6.07, 6.45) is 3.13. The summed E-state index contributed by atoms with van der Waals surface area (Å²) in [5.74, 6) is -0.345. The standard InChI is InChI=1S/C29H31N3O6S2/c1-37-23-12-10-22(11-13-23)26-19-25(21-8-4-2-5-9-21)30-32(26)27(33)20-38-28(34)18-24-14-15-29(39-24)40(35,36)31-16-6-3-7-17-31/h2,4-5,8-15,26H,3,6-7,16-20H2,1H3. The summed E-state index contributed by atoms with van der Waals surface area (Å²) in [4.78, 5) is 26.4. The van der Waals surface area contributed by atoms with E-state index in [4.69, 9.17) is 9.47 Å². The summed E-state index contributed by atoms with van der Waals surface area (Å²) in [6.45, 7) is 0.561. The van der Waals surface area contributed by atoms with Crippen molar-refractivity contribution in [3.05, 3.63) is 82.7 Å². The van der Waals surface area contributed by atoms with Crippen LogP contribution in [0, 0.1) is 0 Å². The maximum atomic E-state index is 13.2.